The third-order valence-electron chi connectivity index (χ3n) is 3.50. The molecule has 1 aliphatic rings. The molecule has 1 atom stereocenters. The molecule has 0 aliphatic carbocycles. The van der Waals surface area contributed by atoms with Crippen molar-refractivity contribution in [3.05, 3.63) is 35.4 Å². The predicted molar refractivity (Wildman–Crippen MR) is 72.0 cm³/mol. The Morgan fingerprint density at radius 1 is 1.35 bits per heavy atom. The molecule has 4 N–H and O–H groups in total. The Morgan fingerprint density at radius 2 is 2.05 bits per heavy atom. The van der Waals surface area contributed by atoms with Crippen LogP contribution in [0.4, 0.5) is 0 Å². The van der Waals surface area contributed by atoms with Gasteiger partial charge < -0.3 is 20.9 Å². The Morgan fingerprint density at radius 3 is 2.60 bits per heavy atom. The van der Waals surface area contributed by atoms with Crippen LogP contribution in [0.2, 0.25) is 0 Å². The summed E-state index contributed by atoms with van der Waals surface area (Å²) in [4.78, 5) is 23.4. The summed E-state index contributed by atoms with van der Waals surface area (Å²) in [6.45, 7) is 0.690. The molecule has 2 rings (SSSR count). The highest BCUT2D eigenvalue weighted by atomic mass is 16.5. The summed E-state index contributed by atoms with van der Waals surface area (Å²) in [6.07, 6.45) is 0.398. The first kappa shape index (κ1) is 14.5. The Bertz CT molecular complexity index is 510. The molecule has 0 aromatic heterocycles. The number of carbonyl (C=O) groups excluding carboxylic acids is 1. The Hall–Kier alpha value is -1.92. The van der Waals surface area contributed by atoms with Crippen LogP contribution in [0.25, 0.3) is 0 Å². The Balaban J connectivity index is 2.07. The molecule has 1 unspecified atom stereocenters. The molecule has 0 radical (unpaired) electrons. The highest BCUT2D eigenvalue weighted by molar-refractivity contribution is 5.88. The van der Waals surface area contributed by atoms with Gasteiger partial charge in [0.25, 0.3) is 0 Å². The average molecular weight is 278 g/mol. The molecule has 20 heavy (non-hydrogen) atoms. The van der Waals surface area contributed by atoms with Crippen molar-refractivity contribution in [3.63, 3.8) is 0 Å². The van der Waals surface area contributed by atoms with E-state index in [1.165, 1.54) is 0 Å². The van der Waals surface area contributed by atoms with Crippen LogP contribution < -0.4 is 11.1 Å². The van der Waals surface area contributed by atoms with Crippen molar-refractivity contribution in [1.82, 2.24) is 5.32 Å². The van der Waals surface area contributed by atoms with E-state index in [0.29, 0.717) is 13.2 Å². The fourth-order valence-electron chi connectivity index (χ4n) is 2.30. The fraction of sp³-hybridized carbons (Fsp3) is 0.429. The van der Waals surface area contributed by atoms with Crippen molar-refractivity contribution in [1.29, 1.82) is 0 Å². The highest BCUT2D eigenvalue weighted by Gasteiger charge is 2.43. The summed E-state index contributed by atoms with van der Waals surface area (Å²) >= 11 is 0. The van der Waals surface area contributed by atoms with E-state index in [4.69, 9.17) is 10.5 Å². The smallest absolute Gasteiger partial charge is 0.331 e. The number of nitrogens with one attached hydrogen (secondary N) is 1. The molecule has 108 valence electrons. The number of nitrogens with two attached hydrogens (primary N) is 1. The SMILES string of the molecule is NCc1ccccc1CC(=O)NC1(C(=O)O)CCOC1. The number of hydrogen-bond acceptors (Lipinski definition) is 4. The maximum Gasteiger partial charge on any atom is 0.331 e. The van der Waals surface area contributed by atoms with Crippen molar-refractivity contribution in [2.45, 2.75) is 24.9 Å². The van der Waals surface area contributed by atoms with Gasteiger partial charge >= 0.3 is 5.97 Å². The van der Waals surface area contributed by atoms with Gasteiger partial charge in [-0.3, -0.25) is 4.79 Å². The molecule has 0 bridgehead atoms. The number of carboxylic acid groups (broad SMARTS) is 1. The van der Waals surface area contributed by atoms with Gasteiger partial charge in [0.1, 0.15) is 0 Å². The molecule has 0 saturated carbocycles. The summed E-state index contributed by atoms with van der Waals surface area (Å²) in [7, 11) is 0. The van der Waals surface area contributed by atoms with Gasteiger partial charge in [0.15, 0.2) is 5.54 Å². The van der Waals surface area contributed by atoms with Gasteiger partial charge in [-0.15, -0.1) is 0 Å². The number of carbonyl (C=O) groups is 2. The molecule has 1 amide bonds. The van der Waals surface area contributed by atoms with E-state index in [2.05, 4.69) is 5.32 Å². The average Bonchev–Trinajstić information content (AvgIpc) is 2.89. The maximum atomic E-state index is 12.1. The lowest BCUT2D eigenvalue weighted by Gasteiger charge is -2.23. The third kappa shape index (κ3) is 2.97. The molecule has 6 nitrogen and oxygen atoms in total. The monoisotopic (exact) mass is 278 g/mol. The Labute approximate surface area is 116 Å². The van der Waals surface area contributed by atoms with Crippen molar-refractivity contribution in [2.75, 3.05) is 13.2 Å². The van der Waals surface area contributed by atoms with Gasteiger partial charge in [-0.05, 0) is 11.1 Å². The van der Waals surface area contributed by atoms with Crippen LogP contribution in [0.5, 0.6) is 0 Å². The minimum atomic E-state index is -1.30. The first-order valence-electron chi connectivity index (χ1n) is 6.46. The number of benzene rings is 1. The quantitative estimate of drug-likeness (QED) is 0.706. The van der Waals surface area contributed by atoms with E-state index in [9.17, 15) is 14.7 Å². The summed E-state index contributed by atoms with van der Waals surface area (Å²) in [5.41, 5.74) is 6.02. The number of ether oxygens (including phenoxy) is 1. The second kappa shape index (κ2) is 6.02. The molecule has 1 aliphatic heterocycles. The molecule has 1 saturated heterocycles. The van der Waals surface area contributed by atoms with Crippen LogP contribution in [0, 0.1) is 0 Å². The second-order valence-corrected chi connectivity index (χ2v) is 4.89. The Kier molecular flexibility index (Phi) is 4.36. The van der Waals surface area contributed by atoms with Crippen LogP contribution in [0.3, 0.4) is 0 Å². The van der Waals surface area contributed by atoms with E-state index >= 15 is 0 Å². The first-order valence-corrected chi connectivity index (χ1v) is 6.46. The summed E-state index contributed by atoms with van der Waals surface area (Å²) < 4.78 is 5.10. The van der Waals surface area contributed by atoms with E-state index in [-0.39, 0.29) is 25.4 Å². The number of amides is 1. The molecular formula is C14H18N2O4. The molecule has 1 aromatic rings. The zero-order valence-corrected chi connectivity index (χ0v) is 11.1. The van der Waals surface area contributed by atoms with Crippen molar-refractivity contribution in [3.8, 4) is 0 Å². The third-order valence-corrected chi connectivity index (χ3v) is 3.50. The van der Waals surface area contributed by atoms with Crippen molar-refractivity contribution in [2.24, 2.45) is 5.73 Å². The second-order valence-electron chi connectivity index (χ2n) is 4.89. The minimum absolute atomic E-state index is 0.00656. The number of rotatable bonds is 5. The van der Waals surface area contributed by atoms with Crippen LogP contribution in [0.1, 0.15) is 17.5 Å². The zero-order valence-electron chi connectivity index (χ0n) is 11.1. The first-order chi connectivity index (χ1) is 9.57. The lowest BCUT2D eigenvalue weighted by atomic mass is 9.97. The van der Waals surface area contributed by atoms with E-state index in [1.54, 1.807) is 0 Å². The molecule has 6 heteroatoms. The van der Waals surface area contributed by atoms with Crippen LogP contribution >= 0.6 is 0 Å². The van der Waals surface area contributed by atoms with Crippen LogP contribution in [-0.2, 0) is 27.3 Å². The van der Waals surface area contributed by atoms with Crippen LogP contribution in [-0.4, -0.2) is 35.7 Å². The molecule has 1 aromatic carbocycles. The van der Waals surface area contributed by atoms with Gasteiger partial charge in [0.2, 0.25) is 5.91 Å². The number of aliphatic carboxylic acids is 1. The molecule has 1 fully saturated rings. The van der Waals surface area contributed by atoms with Gasteiger partial charge in [-0.1, -0.05) is 24.3 Å². The van der Waals surface area contributed by atoms with Crippen molar-refractivity contribution < 1.29 is 19.4 Å². The fourth-order valence-corrected chi connectivity index (χ4v) is 2.30. The number of hydrogen-bond donors (Lipinski definition) is 3. The van der Waals surface area contributed by atoms with Crippen LogP contribution in [0.15, 0.2) is 24.3 Å². The molecule has 1 heterocycles. The summed E-state index contributed by atoms with van der Waals surface area (Å²) in [5.74, 6) is -1.39. The molecule has 0 spiro atoms. The van der Waals surface area contributed by atoms with E-state index < -0.39 is 11.5 Å². The topological polar surface area (TPSA) is 102 Å². The normalized spacial score (nSPS) is 21.6. The maximum absolute atomic E-state index is 12.1. The van der Waals surface area contributed by atoms with Crippen molar-refractivity contribution >= 4 is 11.9 Å². The molecular weight excluding hydrogens is 260 g/mol. The van der Waals surface area contributed by atoms with Gasteiger partial charge in [-0.2, -0.15) is 0 Å². The largest absolute Gasteiger partial charge is 0.479 e. The summed E-state index contributed by atoms with van der Waals surface area (Å²) in [6, 6.07) is 7.36. The summed E-state index contributed by atoms with van der Waals surface area (Å²) in [5, 5.41) is 11.9. The minimum Gasteiger partial charge on any atom is -0.479 e. The predicted octanol–water partition coefficient (Wildman–Crippen LogP) is 0.0477. The standard InChI is InChI=1S/C14H18N2O4/c15-8-11-4-2-1-3-10(11)7-12(17)16-14(13(18)19)5-6-20-9-14/h1-4H,5-9,15H2,(H,16,17)(H,18,19). The van der Waals surface area contributed by atoms with E-state index in [0.717, 1.165) is 11.1 Å². The number of carboxylic acids is 1. The highest BCUT2D eigenvalue weighted by Crippen LogP contribution is 2.19. The lowest BCUT2D eigenvalue weighted by Crippen LogP contribution is -2.55. The van der Waals surface area contributed by atoms with Gasteiger partial charge in [0, 0.05) is 19.6 Å². The lowest BCUT2D eigenvalue weighted by molar-refractivity contribution is -0.147. The van der Waals surface area contributed by atoms with Gasteiger partial charge in [0.05, 0.1) is 13.0 Å². The zero-order chi connectivity index (χ0) is 14.6. The van der Waals surface area contributed by atoms with E-state index in [1.807, 2.05) is 24.3 Å². The van der Waals surface area contributed by atoms with Gasteiger partial charge in [-0.25, -0.2) is 4.79 Å².